The molecular formula is C24H21N3O5S. The summed E-state index contributed by atoms with van der Waals surface area (Å²) in [5.74, 6) is 0. The van der Waals surface area contributed by atoms with E-state index in [0.29, 0.717) is 5.52 Å². The number of hydrogen-bond donors (Lipinski definition) is 1. The van der Waals surface area contributed by atoms with Crippen LogP contribution in [0.15, 0.2) is 88.6 Å². The zero-order valence-corrected chi connectivity index (χ0v) is 18.6. The molecule has 1 aromatic heterocycles. The van der Waals surface area contributed by atoms with E-state index in [-0.39, 0.29) is 34.8 Å². The van der Waals surface area contributed by atoms with Gasteiger partial charge in [0.1, 0.15) is 0 Å². The molecule has 0 aliphatic heterocycles. The second kappa shape index (κ2) is 8.97. The molecule has 1 N–H and O–H groups in total. The molecule has 4 rings (SSSR count). The summed E-state index contributed by atoms with van der Waals surface area (Å²) in [5.41, 5.74) is 1.94. The van der Waals surface area contributed by atoms with Crippen LogP contribution in [0.3, 0.4) is 0 Å². The van der Waals surface area contributed by atoms with Crippen LogP contribution in [-0.4, -0.2) is 22.6 Å². The number of non-ortho nitro benzene ring substituents is 1. The minimum absolute atomic E-state index is 0.00274. The molecule has 3 aromatic carbocycles. The lowest BCUT2D eigenvalue weighted by atomic mass is 10.1. The maximum atomic E-state index is 13.5. The number of H-pyrrole nitrogens is 1. The lowest BCUT2D eigenvalue weighted by Crippen LogP contribution is -2.32. The zero-order chi connectivity index (χ0) is 23.6. The van der Waals surface area contributed by atoms with Crippen molar-refractivity contribution in [3.05, 3.63) is 116 Å². The van der Waals surface area contributed by atoms with Crippen LogP contribution >= 0.6 is 0 Å². The topological polar surface area (TPSA) is 113 Å². The van der Waals surface area contributed by atoms with E-state index in [1.807, 2.05) is 31.2 Å². The Labute approximate surface area is 190 Å². The molecule has 1 heterocycles. The van der Waals surface area contributed by atoms with Crippen LogP contribution < -0.4 is 5.56 Å². The number of hydrogen-bond acceptors (Lipinski definition) is 5. The summed E-state index contributed by atoms with van der Waals surface area (Å²) in [4.78, 5) is 25.9. The Morgan fingerprint density at radius 1 is 0.939 bits per heavy atom. The van der Waals surface area contributed by atoms with Gasteiger partial charge < -0.3 is 4.98 Å². The summed E-state index contributed by atoms with van der Waals surface area (Å²) in [6.45, 7) is 1.72. The largest absolute Gasteiger partial charge is 0.322 e. The van der Waals surface area contributed by atoms with E-state index >= 15 is 0 Å². The highest BCUT2D eigenvalue weighted by Crippen LogP contribution is 2.24. The minimum Gasteiger partial charge on any atom is -0.322 e. The van der Waals surface area contributed by atoms with Gasteiger partial charge in [-0.15, -0.1) is 0 Å². The van der Waals surface area contributed by atoms with Crippen molar-refractivity contribution < 1.29 is 13.3 Å². The average Bonchev–Trinajstić information content (AvgIpc) is 2.80. The summed E-state index contributed by atoms with van der Waals surface area (Å²) in [6.07, 6.45) is 0. The van der Waals surface area contributed by atoms with E-state index in [4.69, 9.17) is 0 Å². The van der Waals surface area contributed by atoms with Gasteiger partial charge in [-0.1, -0.05) is 48.5 Å². The Morgan fingerprint density at radius 2 is 1.70 bits per heavy atom. The van der Waals surface area contributed by atoms with Crippen LogP contribution in [0.25, 0.3) is 10.9 Å². The number of nitro benzene ring substituents is 1. The summed E-state index contributed by atoms with van der Waals surface area (Å²) >= 11 is 0. The van der Waals surface area contributed by atoms with Gasteiger partial charge in [0.05, 0.1) is 9.82 Å². The molecule has 0 bridgehead atoms. The predicted octanol–water partition coefficient (Wildman–Crippen LogP) is 4.14. The van der Waals surface area contributed by atoms with Gasteiger partial charge in [0, 0.05) is 36.3 Å². The Hall–Kier alpha value is -3.82. The number of aromatic nitrogens is 1. The van der Waals surface area contributed by atoms with E-state index < -0.39 is 14.9 Å². The normalized spacial score (nSPS) is 11.7. The van der Waals surface area contributed by atoms with Gasteiger partial charge in [-0.25, -0.2) is 8.42 Å². The maximum Gasteiger partial charge on any atom is 0.270 e. The first kappa shape index (κ1) is 22.4. The SMILES string of the molecule is Cc1ccc2cc(CN(Cc3ccccc3)S(=O)(=O)c3cccc([N+](=O)[O-])c3)c(=O)[nH]c2c1. The molecule has 9 heteroatoms. The Balaban J connectivity index is 1.79. The Kier molecular flexibility index (Phi) is 6.08. The third-order valence-electron chi connectivity index (χ3n) is 5.29. The second-order valence-electron chi connectivity index (χ2n) is 7.73. The molecule has 0 unspecified atom stereocenters. The number of pyridine rings is 1. The van der Waals surface area contributed by atoms with Crippen molar-refractivity contribution in [2.24, 2.45) is 0 Å². The average molecular weight is 464 g/mol. The number of nitrogens with zero attached hydrogens (tertiary/aromatic N) is 2. The van der Waals surface area contributed by atoms with E-state index in [2.05, 4.69) is 4.98 Å². The van der Waals surface area contributed by atoms with Crippen LogP contribution in [-0.2, 0) is 23.1 Å². The fourth-order valence-corrected chi connectivity index (χ4v) is 5.03. The van der Waals surface area contributed by atoms with Crippen LogP contribution in [0.5, 0.6) is 0 Å². The Morgan fingerprint density at radius 3 is 2.42 bits per heavy atom. The van der Waals surface area contributed by atoms with Crippen molar-refractivity contribution in [3.8, 4) is 0 Å². The molecular weight excluding hydrogens is 442 g/mol. The highest BCUT2D eigenvalue weighted by atomic mass is 32.2. The molecule has 4 aromatic rings. The number of fused-ring (bicyclic) bond motifs is 1. The number of nitrogens with one attached hydrogen (secondary N) is 1. The molecule has 0 saturated heterocycles. The van der Waals surface area contributed by atoms with Gasteiger partial charge in [-0.3, -0.25) is 14.9 Å². The zero-order valence-electron chi connectivity index (χ0n) is 17.8. The van der Waals surface area contributed by atoms with E-state index in [1.54, 1.807) is 30.3 Å². The van der Waals surface area contributed by atoms with Gasteiger partial charge in [0.2, 0.25) is 10.0 Å². The number of nitro groups is 1. The van der Waals surface area contributed by atoms with E-state index in [0.717, 1.165) is 26.9 Å². The van der Waals surface area contributed by atoms with Crippen LogP contribution in [0.2, 0.25) is 0 Å². The first-order valence-corrected chi connectivity index (χ1v) is 11.6. The third kappa shape index (κ3) is 4.84. The lowest BCUT2D eigenvalue weighted by Gasteiger charge is -2.22. The number of benzene rings is 3. The highest BCUT2D eigenvalue weighted by Gasteiger charge is 2.27. The molecule has 0 aliphatic rings. The van der Waals surface area contributed by atoms with Crippen molar-refractivity contribution in [3.63, 3.8) is 0 Å². The first-order valence-electron chi connectivity index (χ1n) is 10.1. The van der Waals surface area contributed by atoms with Gasteiger partial charge >= 0.3 is 0 Å². The number of rotatable bonds is 7. The van der Waals surface area contributed by atoms with E-state index in [1.165, 1.54) is 18.2 Å². The number of aromatic amines is 1. The molecule has 0 amide bonds. The summed E-state index contributed by atoms with van der Waals surface area (Å²) in [7, 11) is -4.15. The first-order chi connectivity index (χ1) is 15.7. The van der Waals surface area contributed by atoms with Crippen molar-refractivity contribution >= 4 is 26.6 Å². The molecule has 33 heavy (non-hydrogen) atoms. The van der Waals surface area contributed by atoms with E-state index in [9.17, 15) is 23.3 Å². The quantitative estimate of drug-likeness (QED) is 0.327. The molecule has 0 aliphatic carbocycles. The monoisotopic (exact) mass is 463 g/mol. The molecule has 0 radical (unpaired) electrons. The molecule has 0 atom stereocenters. The standard InChI is InChI=1S/C24H21N3O5S/c1-17-10-11-19-13-20(24(28)25-23(19)12-17)16-26(15-18-6-3-2-4-7-18)33(31,32)22-9-5-8-21(14-22)27(29)30/h2-14H,15-16H2,1H3,(H,25,28). The third-order valence-corrected chi connectivity index (χ3v) is 7.08. The van der Waals surface area contributed by atoms with Crippen LogP contribution in [0.1, 0.15) is 16.7 Å². The fourth-order valence-electron chi connectivity index (χ4n) is 3.59. The Bertz CT molecular complexity index is 1500. The molecule has 8 nitrogen and oxygen atoms in total. The van der Waals surface area contributed by atoms with Gasteiger partial charge in [-0.2, -0.15) is 4.31 Å². The number of aryl methyl sites for hydroxylation is 1. The predicted molar refractivity (Wildman–Crippen MR) is 125 cm³/mol. The summed E-state index contributed by atoms with van der Waals surface area (Å²) in [5, 5.41) is 12.0. The minimum atomic E-state index is -4.15. The molecule has 0 spiro atoms. The van der Waals surface area contributed by atoms with Crippen LogP contribution in [0.4, 0.5) is 5.69 Å². The smallest absolute Gasteiger partial charge is 0.270 e. The second-order valence-corrected chi connectivity index (χ2v) is 9.67. The maximum absolute atomic E-state index is 13.5. The van der Waals surface area contributed by atoms with Gasteiger partial charge in [0.25, 0.3) is 11.2 Å². The molecule has 0 saturated carbocycles. The molecule has 168 valence electrons. The number of sulfonamides is 1. The summed E-state index contributed by atoms with van der Waals surface area (Å²) < 4.78 is 28.2. The van der Waals surface area contributed by atoms with Crippen LogP contribution in [0, 0.1) is 17.0 Å². The highest BCUT2D eigenvalue weighted by molar-refractivity contribution is 7.89. The lowest BCUT2D eigenvalue weighted by molar-refractivity contribution is -0.385. The van der Waals surface area contributed by atoms with Crippen molar-refractivity contribution in [1.82, 2.24) is 9.29 Å². The van der Waals surface area contributed by atoms with Crippen molar-refractivity contribution in [1.29, 1.82) is 0 Å². The van der Waals surface area contributed by atoms with Crippen molar-refractivity contribution in [2.45, 2.75) is 24.9 Å². The fraction of sp³-hybridized carbons (Fsp3) is 0.125. The van der Waals surface area contributed by atoms with Gasteiger partial charge in [-0.05, 0) is 41.6 Å². The van der Waals surface area contributed by atoms with Crippen molar-refractivity contribution in [2.75, 3.05) is 0 Å². The summed E-state index contributed by atoms with van der Waals surface area (Å²) in [6, 6.07) is 21.2. The molecule has 0 fully saturated rings. The van der Waals surface area contributed by atoms with Gasteiger partial charge in [0.15, 0.2) is 0 Å².